The molecule has 0 aliphatic heterocycles. The fourth-order valence-electron chi connectivity index (χ4n) is 2.27. The van der Waals surface area contributed by atoms with Gasteiger partial charge in [-0.05, 0) is 36.6 Å². The smallest absolute Gasteiger partial charge is 0.251 e. The lowest BCUT2D eigenvalue weighted by atomic mass is 9.99. The minimum Gasteiger partial charge on any atom is -0.352 e. The number of rotatable bonds is 9. The molecule has 1 aromatic carbocycles. The Hall–Kier alpha value is -1.84. The van der Waals surface area contributed by atoms with Crippen molar-refractivity contribution in [3.05, 3.63) is 29.8 Å². The number of amides is 2. The molecule has 1 atom stereocenters. The molecule has 0 bridgehead atoms. The van der Waals surface area contributed by atoms with Crippen LogP contribution in [0.15, 0.2) is 24.3 Å². The summed E-state index contributed by atoms with van der Waals surface area (Å²) < 4.78 is 0. The Bertz CT molecular complexity index is 495. The molecule has 4 heteroatoms. The molecule has 0 spiro atoms. The standard InChI is InChI=1S/C19H30N2O2/c1-5-7-8-15(6-2)13-20-19(23)16-9-11-17(12-10-16)21-18(22)14(3)4/h9-12,14-15H,5-8,13H2,1-4H3,(H,20,23)(H,21,22)/t15-/m0/s1. The van der Waals surface area contributed by atoms with Gasteiger partial charge in [0.25, 0.3) is 5.91 Å². The van der Waals surface area contributed by atoms with E-state index in [9.17, 15) is 9.59 Å². The van der Waals surface area contributed by atoms with Crippen molar-refractivity contribution in [3.8, 4) is 0 Å². The predicted molar refractivity (Wildman–Crippen MR) is 95.5 cm³/mol. The van der Waals surface area contributed by atoms with Crippen molar-refractivity contribution in [2.45, 2.75) is 53.4 Å². The van der Waals surface area contributed by atoms with E-state index in [1.807, 2.05) is 13.8 Å². The fraction of sp³-hybridized carbons (Fsp3) is 0.579. The van der Waals surface area contributed by atoms with Crippen LogP contribution in [0.25, 0.3) is 0 Å². The van der Waals surface area contributed by atoms with Crippen LogP contribution in [-0.4, -0.2) is 18.4 Å². The van der Waals surface area contributed by atoms with Crippen LogP contribution in [0.2, 0.25) is 0 Å². The molecule has 2 amide bonds. The summed E-state index contributed by atoms with van der Waals surface area (Å²) in [5.41, 5.74) is 1.34. The molecular formula is C19H30N2O2. The zero-order chi connectivity index (χ0) is 17.2. The minimum absolute atomic E-state index is 0.0242. The highest BCUT2D eigenvalue weighted by Crippen LogP contribution is 2.13. The summed E-state index contributed by atoms with van der Waals surface area (Å²) in [5.74, 6) is 0.404. The Morgan fingerprint density at radius 2 is 1.74 bits per heavy atom. The van der Waals surface area contributed by atoms with Crippen LogP contribution in [0.4, 0.5) is 5.69 Å². The molecule has 0 aliphatic rings. The normalized spacial score (nSPS) is 12.0. The van der Waals surface area contributed by atoms with Crippen LogP contribution in [-0.2, 0) is 4.79 Å². The quantitative estimate of drug-likeness (QED) is 0.716. The zero-order valence-electron chi connectivity index (χ0n) is 14.8. The van der Waals surface area contributed by atoms with Gasteiger partial charge in [-0.15, -0.1) is 0 Å². The van der Waals surface area contributed by atoms with Gasteiger partial charge in [-0.1, -0.05) is 47.0 Å². The molecule has 1 aromatic rings. The highest BCUT2D eigenvalue weighted by Gasteiger charge is 2.11. The van der Waals surface area contributed by atoms with Crippen molar-refractivity contribution in [3.63, 3.8) is 0 Å². The average molecular weight is 318 g/mol. The number of hydrogen-bond acceptors (Lipinski definition) is 2. The van der Waals surface area contributed by atoms with E-state index in [4.69, 9.17) is 0 Å². The van der Waals surface area contributed by atoms with Crippen LogP contribution in [0.1, 0.15) is 63.7 Å². The maximum Gasteiger partial charge on any atom is 0.251 e. The predicted octanol–water partition coefficient (Wildman–Crippen LogP) is 4.23. The topological polar surface area (TPSA) is 58.2 Å². The first kappa shape index (κ1) is 19.2. The first-order valence-electron chi connectivity index (χ1n) is 8.67. The first-order valence-corrected chi connectivity index (χ1v) is 8.67. The van der Waals surface area contributed by atoms with Gasteiger partial charge in [0.15, 0.2) is 0 Å². The van der Waals surface area contributed by atoms with E-state index in [2.05, 4.69) is 24.5 Å². The molecule has 0 aliphatic carbocycles. The molecule has 4 nitrogen and oxygen atoms in total. The van der Waals surface area contributed by atoms with E-state index in [0.29, 0.717) is 11.5 Å². The lowest BCUT2D eigenvalue weighted by Crippen LogP contribution is -2.29. The third kappa shape index (κ3) is 6.85. The van der Waals surface area contributed by atoms with E-state index in [1.54, 1.807) is 24.3 Å². The maximum absolute atomic E-state index is 12.2. The first-order chi connectivity index (χ1) is 11.0. The molecule has 1 rings (SSSR count). The van der Waals surface area contributed by atoms with E-state index in [0.717, 1.165) is 25.1 Å². The molecule has 0 aromatic heterocycles. The van der Waals surface area contributed by atoms with Crippen LogP contribution < -0.4 is 10.6 Å². The minimum atomic E-state index is -0.0629. The molecule has 2 N–H and O–H groups in total. The monoisotopic (exact) mass is 318 g/mol. The summed E-state index contributed by atoms with van der Waals surface area (Å²) in [7, 11) is 0. The number of hydrogen-bond donors (Lipinski definition) is 2. The van der Waals surface area contributed by atoms with Crippen molar-refractivity contribution in [2.24, 2.45) is 11.8 Å². The zero-order valence-corrected chi connectivity index (χ0v) is 14.8. The van der Waals surface area contributed by atoms with Gasteiger partial charge in [0.1, 0.15) is 0 Å². The van der Waals surface area contributed by atoms with E-state index >= 15 is 0 Å². The SMILES string of the molecule is CCCC[C@H](CC)CNC(=O)c1ccc(NC(=O)C(C)C)cc1. The van der Waals surface area contributed by atoms with E-state index in [-0.39, 0.29) is 17.7 Å². The van der Waals surface area contributed by atoms with Crippen molar-refractivity contribution >= 4 is 17.5 Å². The van der Waals surface area contributed by atoms with Crippen LogP contribution in [0, 0.1) is 11.8 Å². The summed E-state index contributed by atoms with van der Waals surface area (Å²) in [6.07, 6.45) is 4.64. The molecule has 0 unspecified atom stereocenters. The van der Waals surface area contributed by atoms with Gasteiger partial charge in [-0.2, -0.15) is 0 Å². The van der Waals surface area contributed by atoms with Gasteiger partial charge in [-0.25, -0.2) is 0 Å². The van der Waals surface area contributed by atoms with E-state index in [1.165, 1.54) is 12.8 Å². The van der Waals surface area contributed by atoms with Crippen LogP contribution in [0.5, 0.6) is 0 Å². The van der Waals surface area contributed by atoms with Gasteiger partial charge in [0.05, 0.1) is 0 Å². The number of unbranched alkanes of at least 4 members (excludes halogenated alkanes) is 1. The highest BCUT2D eigenvalue weighted by atomic mass is 16.2. The highest BCUT2D eigenvalue weighted by molar-refractivity contribution is 5.96. The van der Waals surface area contributed by atoms with Crippen molar-refractivity contribution < 1.29 is 9.59 Å². The summed E-state index contributed by atoms with van der Waals surface area (Å²) in [6.45, 7) is 8.77. The Labute approximate surface area is 140 Å². The largest absolute Gasteiger partial charge is 0.352 e. The Morgan fingerprint density at radius 3 is 2.26 bits per heavy atom. The second-order valence-electron chi connectivity index (χ2n) is 6.35. The van der Waals surface area contributed by atoms with Crippen molar-refractivity contribution in [2.75, 3.05) is 11.9 Å². The Morgan fingerprint density at radius 1 is 1.09 bits per heavy atom. The molecule has 23 heavy (non-hydrogen) atoms. The van der Waals surface area contributed by atoms with Gasteiger partial charge < -0.3 is 10.6 Å². The lowest BCUT2D eigenvalue weighted by Gasteiger charge is -2.15. The Kier molecular flexibility index (Phi) is 8.38. The number of carbonyl (C=O) groups excluding carboxylic acids is 2. The third-order valence-corrected chi connectivity index (χ3v) is 4.03. The molecular weight excluding hydrogens is 288 g/mol. The Balaban J connectivity index is 2.52. The molecule has 0 saturated heterocycles. The molecule has 0 saturated carbocycles. The van der Waals surface area contributed by atoms with Crippen molar-refractivity contribution in [1.82, 2.24) is 5.32 Å². The molecule has 0 heterocycles. The number of nitrogens with one attached hydrogen (secondary N) is 2. The second kappa shape index (κ2) is 10.0. The maximum atomic E-state index is 12.2. The van der Waals surface area contributed by atoms with Gasteiger partial charge in [-0.3, -0.25) is 9.59 Å². The second-order valence-corrected chi connectivity index (χ2v) is 6.35. The molecule has 128 valence electrons. The molecule has 0 fully saturated rings. The van der Waals surface area contributed by atoms with Gasteiger partial charge >= 0.3 is 0 Å². The van der Waals surface area contributed by atoms with Crippen molar-refractivity contribution in [1.29, 1.82) is 0 Å². The summed E-state index contributed by atoms with van der Waals surface area (Å²) in [5, 5.41) is 5.83. The van der Waals surface area contributed by atoms with Gasteiger partial charge in [0, 0.05) is 23.7 Å². The summed E-state index contributed by atoms with van der Waals surface area (Å²) in [6, 6.07) is 7.03. The number of benzene rings is 1. The third-order valence-electron chi connectivity index (χ3n) is 4.03. The summed E-state index contributed by atoms with van der Waals surface area (Å²) >= 11 is 0. The average Bonchev–Trinajstić information content (AvgIpc) is 2.55. The number of anilines is 1. The number of carbonyl (C=O) groups is 2. The molecule has 0 radical (unpaired) electrons. The van der Waals surface area contributed by atoms with E-state index < -0.39 is 0 Å². The van der Waals surface area contributed by atoms with Crippen LogP contribution in [0.3, 0.4) is 0 Å². The lowest BCUT2D eigenvalue weighted by molar-refractivity contribution is -0.118. The van der Waals surface area contributed by atoms with Crippen LogP contribution >= 0.6 is 0 Å². The van der Waals surface area contributed by atoms with Gasteiger partial charge in [0.2, 0.25) is 5.91 Å². The fourth-order valence-corrected chi connectivity index (χ4v) is 2.27. The summed E-state index contributed by atoms with van der Waals surface area (Å²) in [4.78, 5) is 23.8.